The smallest absolute Gasteiger partial charge is 0.134 e. The fourth-order valence-electron chi connectivity index (χ4n) is 3.37. The Kier molecular flexibility index (Phi) is 4.32. The van der Waals surface area contributed by atoms with Crippen LogP contribution in [-0.4, -0.2) is 23.1 Å². The average Bonchev–Trinajstić information content (AvgIpc) is 3.33. The van der Waals surface area contributed by atoms with Gasteiger partial charge in [0.1, 0.15) is 18.0 Å². The average molecular weight is 288 g/mol. The van der Waals surface area contributed by atoms with Crippen LogP contribution in [-0.2, 0) is 0 Å². The van der Waals surface area contributed by atoms with E-state index in [1.54, 1.807) is 6.33 Å². The van der Waals surface area contributed by atoms with Gasteiger partial charge < -0.3 is 10.6 Å². The second kappa shape index (κ2) is 6.20. The Bertz CT molecular complexity index is 466. The molecule has 1 heterocycles. The van der Waals surface area contributed by atoms with Gasteiger partial charge in [-0.2, -0.15) is 0 Å². The molecule has 2 saturated carbocycles. The minimum absolute atomic E-state index is 0.419. The van der Waals surface area contributed by atoms with Crippen LogP contribution in [0.5, 0.6) is 0 Å². The van der Waals surface area contributed by atoms with E-state index < -0.39 is 0 Å². The maximum absolute atomic E-state index is 4.51. The molecule has 4 nitrogen and oxygen atoms in total. The fraction of sp³-hybridized carbons (Fsp3) is 0.765. The molecule has 2 aliphatic carbocycles. The van der Waals surface area contributed by atoms with E-state index in [0.29, 0.717) is 5.92 Å². The highest BCUT2D eigenvalue weighted by Gasteiger charge is 2.41. The van der Waals surface area contributed by atoms with Gasteiger partial charge in [0.05, 0.1) is 0 Å². The molecule has 3 rings (SSSR count). The molecule has 0 atom stereocenters. The predicted molar refractivity (Wildman–Crippen MR) is 87.7 cm³/mol. The first-order valence-corrected chi connectivity index (χ1v) is 8.53. The molecule has 1 aromatic heterocycles. The van der Waals surface area contributed by atoms with Crippen molar-refractivity contribution in [2.75, 3.05) is 23.7 Å². The number of hydrogen-bond acceptors (Lipinski definition) is 4. The summed E-state index contributed by atoms with van der Waals surface area (Å²) in [7, 11) is 0. The predicted octanol–water partition coefficient (Wildman–Crippen LogP) is 3.88. The van der Waals surface area contributed by atoms with E-state index in [0.717, 1.165) is 42.5 Å². The van der Waals surface area contributed by atoms with Crippen molar-refractivity contribution in [3.63, 3.8) is 0 Å². The first-order valence-electron chi connectivity index (χ1n) is 8.53. The minimum Gasteiger partial charge on any atom is -0.370 e. The number of anilines is 2. The van der Waals surface area contributed by atoms with Crippen molar-refractivity contribution in [1.82, 2.24) is 9.97 Å². The SMILES string of the molecule is CCNc1ncnc(NCC(C2CC2)C2CC2)c1C(C)C. The van der Waals surface area contributed by atoms with E-state index >= 15 is 0 Å². The molecule has 2 aliphatic rings. The van der Waals surface area contributed by atoms with Gasteiger partial charge in [-0.3, -0.25) is 0 Å². The lowest BCUT2D eigenvalue weighted by Crippen LogP contribution is -2.20. The molecule has 2 N–H and O–H groups in total. The van der Waals surface area contributed by atoms with E-state index in [1.165, 1.54) is 31.2 Å². The highest BCUT2D eigenvalue weighted by Crippen LogP contribution is 2.49. The maximum atomic E-state index is 4.51. The lowest BCUT2D eigenvalue weighted by atomic mass is 9.97. The quantitative estimate of drug-likeness (QED) is 0.762. The largest absolute Gasteiger partial charge is 0.370 e. The highest BCUT2D eigenvalue weighted by atomic mass is 15.1. The minimum atomic E-state index is 0.419. The van der Waals surface area contributed by atoms with Crippen molar-refractivity contribution in [3.8, 4) is 0 Å². The van der Waals surface area contributed by atoms with Crippen LogP contribution in [0.25, 0.3) is 0 Å². The van der Waals surface area contributed by atoms with E-state index in [9.17, 15) is 0 Å². The molecular weight excluding hydrogens is 260 g/mol. The summed E-state index contributed by atoms with van der Waals surface area (Å²) in [5.74, 6) is 5.25. The Hall–Kier alpha value is -1.32. The maximum Gasteiger partial charge on any atom is 0.134 e. The Morgan fingerprint density at radius 1 is 1.05 bits per heavy atom. The molecule has 0 saturated heterocycles. The third-order valence-electron chi connectivity index (χ3n) is 4.77. The Balaban J connectivity index is 1.72. The van der Waals surface area contributed by atoms with Crippen LogP contribution >= 0.6 is 0 Å². The Morgan fingerprint density at radius 2 is 1.62 bits per heavy atom. The van der Waals surface area contributed by atoms with Gasteiger partial charge in [0.25, 0.3) is 0 Å². The molecule has 1 aromatic rings. The van der Waals surface area contributed by atoms with Crippen LogP contribution in [0.2, 0.25) is 0 Å². The number of aromatic nitrogens is 2. The second-order valence-electron chi connectivity index (χ2n) is 6.89. The summed E-state index contributed by atoms with van der Waals surface area (Å²) in [5, 5.41) is 7.01. The van der Waals surface area contributed by atoms with Crippen molar-refractivity contribution in [3.05, 3.63) is 11.9 Å². The zero-order valence-electron chi connectivity index (χ0n) is 13.5. The second-order valence-corrected chi connectivity index (χ2v) is 6.89. The van der Waals surface area contributed by atoms with Crippen molar-refractivity contribution in [2.24, 2.45) is 17.8 Å². The van der Waals surface area contributed by atoms with Crippen LogP contribution in [0.15, 0.2) is 6.33 Å². The van der Waals surface area contributed by atoms with Crippen molar-refractivity contribution >= 4 is 11.6 Å². The fourth-order valence-corrected chi connectivity index (χ4v) is 3.37. The van der Waals surface area contributed by atoms with Crippen LogP contribution in [0.4, 0.5) is 11.6 Å². The first-order chi connectivity index (χ1) is 10.2. The van der Waals surface area contributed by atoms with Gasteiger partial charge in [-0.1, -0.05) is 13.8 Å². The zero-order chi connectivity index (χ0) is 14.8. The number of nitrogens with one attached hydrogen (secondary N) is 2. The van der Waals surface area contributed by atoms with Gasteiger partial charge in [-0.25, -0.2) is 9.97 Å². The summed E-state index contributed by atoms with van der Waals surface area (Å²) < 4.78 is 0. The van der Waals surface area contributed by atoms with Crippen molar-refractivity contribution in [1.29, 1.82) is 0 Å². The summed E-state index contributed by atoms with van der Waals surface area (Å²) in [6.07, 6.45) is 7.42. The summed E-state index contributed by atoms with van der Waals surface area (Å²) in [6, 6.07) is 0. The van der Waals surface area contributed by atoms with Crippen LogP contribution < -0.4 is 10.6 Å². The molecule has 0 aliphatic heterocycles. The third-order valence-corrected chi connectivity index (χ3v) is 4.77. The van der Waals surface area contributed by atoms with Crippen LogP contribution in [0.3, 0.4) is 0 Å². The Labute approximate surface area is 128 Å². The molecular formula is C17H28N4. The summed E-state index contributed by atoms with van der Waals surface area (Å²) in [4.78, 5) is 8.92. The van der Waals surface area contributed by atoms with E-state index in [4.69, 9.17) is 0 Å². The number of rotatable bonds is 8. The lowest BCUT2D eigenvalue weighted by molar-refractivity contribution is 0.427. The van der Waals surface area contributed by atoms with E-state index in [2.05, 4.69) is 41.4 Å². The molecule has 0 spiro atoms. The zero-order valence-corrected chi connectivity index (χ0v) is 13.5. The number of hydrogen-bond donors (Lipinski definition) is 2. The van der Waals surface area contributed by atoms with Gasteiger partial charge in [0.15, 0.2) is 0 Å². The monoisotopic (exact) mass is 288 g/mol. The Morgan fingerprint density at radius 3 is 2.10 bits per heavy atom. The van der Waals surface area contributed by atoms with Crippen LogP contribution in [0.1, 0.15) is 57.9 Å². The highest BCUT2D eigenvalue weighted by molar-refractivity contribution is 5.59. The third kappa shape index (κ3) is 3.47. The molecule has 0 aromatic carbocycles. The summed E-state index contributed by atoms with van der Waals surface area (Å²) >= 11 is 0. The van der Waals surface area contributed by atoms with Gasteiger partial charge in [0.2, 0.25) is 0 Å². The van der Waals surface area contributed by atoms with Crippen molar-refractivity contribution in [2.45, 2.75) is 52.4 Å². The van der Waals surface area contributed by atoms with Gasteiger partial charge in [-0.05, 0) is 56.3 Å². The lowest BCUT2D eigenvalue weighted by Gasteiger charge is -2.21. The molecule has 21 heavy (non-hydrogen) atoms. The summed E-state index contributed by atoms with van der Waals surface area (Å²) in [6.45, 7) is 8.50. The van der Waals surface area contributed by atoms with Gasteiger partial charge in [0, 0.05) is 18.7 Å². The molecule has 2 fully saturated rings. The molecule has 0 unspecified atom stereocenters. The number of nitrogens with zero attached hydrogens (tertiary/aromatic N) is 2. The van der Waals surface area contributed by atoms with E-state index in [1.807, 2.05) is 0 Å². The molecule has 116 valence electrons. The molecule has 0 amide bonds. The molecule has 4 heteroatoms. The van der Waals surface area contributed by atoms with Gasteiger partial charge >= 0.3 is 0 Å². The topological polar surface area (TPSA) is 49.8 Å². The van der Waals surface area contributed by atoms with E-state index in [-0.39, 0.29) is 0 Å². The van der Waals surface area contributed by atoms with Crippen LogP contribution in [0, 0.1) is 17.8 Å². The summed E-state index contributed by atoms with van der Waals surface area (Å²) in [5.41, 5.74) is 1.23. The molecule has 0 radical (unpaired) electrons. The standard InChI is InChI=1S/C17H28N4/c1-4-18-16-15(11(2)3)17(21-10-20-16)19-9-14(12-5-6-12)13-7-8-13/h10-14H,4-9H2,1-3H3,(H2,18,19,20,21). The molecule has 0 bridgehead atoms. The normalized spacial score (nSPS) is 18.3. The first kappa shape index (κ1) is 14.6. The van der Waals surface area contributed by atoms with Gasteiger partial charge in [-0.15, -0.1) is 0 Å². The van der Waals surface area contributed by atoms with Crippen molar-refractivity contribution < 1.29 is 0 Å².